The van der Waals surface area contributed by atoms with Crippen molar-refractivity contribution in [1.29, 1.82) is 0 Å². The molecule has 0 radical (unpaired) electrons. The lowest BCUT2D eigenvalue weighted by atomic mass is 10.00. The lowest BCUT2D eigenvalue weighted by Gasteiger charge is -2.16. The number of isocyanates is 1. The summed E-state index contributed by atoms with van der Waals surface area (Å²) >= 11 is 0. The van der Waals surface area contributed by atoms with Gasteiger partial charge in [0.1, 0.15) is 6.54 Å². The van der Waals surface area contributed by atoms with E-state index in [1.807, 2.05) is 6.92 Å². The van der Waals surface area contributed by atoms with E-state index in [0.29, 0.717) is 6.42 Å². The molecule has 1 N–H and O–H groups in total. The second-order valence-corrected chi connectivity index (χ2v) is 3.49. The molecule has 0 saturated carbocycles. The highest BCUT2D eigenvalue weighted by Gasteiger charge is 2.20. The largest absolute Gasteiger partial charge is 0.345 e. The summed E-state index contributed by atoms with van der Waals surface area (Å²) in [6.07, 6.45) is 1.81. The summed E-state index contributed by atoms with van der Waals surface area (Å²) in [5, 5.41) is 2.52. The van der Waals surface area contributed by atoms with Crippen molar-refractivity contribution in [2.45, 2.75) is 33.2 Å². The molecule has 0 bridgehead atoms. The monoisotopic (exact) mass is 212 g/mol. The maximum Gasteiger partial charge on any atom is 0.243 e. The number of carbonyl (C=O) groups excluding carboxylic acids is 3. The average molecular weight is 212 g/mol. The number of hydrogen-bond acceptors (Lipinski definition) is 4. The highest BCUT2D eigenvalue weighted by Crippen LogP contribution is 2.02. The number of rotatable bonds is 6. The first kappa shape index (κ1) is 13.5. The summed E-state index contributed by atoms with van der Waals surface area (Å²) < 4.78 is 0. The van der Waals surface area contributed by atoms with Crippen LogP contribution in [0.15, 0.2) is 4.99 Å². The topological polar surface area (TPSA) is 75.6 Å². The molecule has 1 atom stereocenters. The van der Waals surface area contributed by atoms with Gasteiger partial charge >= 0.3 is 0 Å². The maximum atomic E-state index is 11.6. The summed E-state index contributed by atoms with van der Waals surface area (Å²) in [5.74, 6) is -0.565. The van der Waals surface area contributed by atoms with Gasteiger partial charge in [0.05, 0.1) is 6.04 Å². The Morgan fingerprint density at radius 3 is 2.40 bits per heavy atom. The van der Waals surface area contributed by atoms with Gasteiger partial charge in [0.2, 0.25) is 12.0 Å². The smallest absolute Gasteiger partial charge is 0.243 e. The van der Waals surface area contributed by atoms with E-state index in [1.54, 1.807) is 13.8 Å². The third-order valence-electron chi connectivity index (χ3n) is 1.94. The van der Waals surface area contributed by atoms with Crippen molar-refractivity contribution < 1.29 is 14.4 Å². The Labute approximate surface area is 89.0 Å². The zero-order chi connectivity index (χ0) is 11.8. The number of carbonyl (C=O) groups is 2. The number of hydrogen-bond donors (Lipinski definition) is 1. The molecule has 0 aromatic heterocycles. The molecule has 1 unspecified atom stereocenters. The Hall–Kier alpha value is -1.48. The summed E-state index contributed by atoms with van der Waals surface area (Å²) in [6.45, 7) is 5.10. The fourth-order valence-corrected chi connectivity index (χ4v) is 1.12. The molecule has 5 heteroatoms. The predicted octanol–water partition coefficient (Wildman–Crippen LogP) is 0.442. The molecular weight excluding hydrogens is 196 g/mol. The average Bonchev–Trinajstić information content (AvgIpc) is 2.21. The quantitative estimate of drug-likeness (QED) is 0.512. The Bertz CT molecular complexity index is 280. The molecule has 0 spiro atoms. The predicted molar refractivity (Wildman–Crippen MR) is 55.1 cm³/mol. The number of nitrogens with zero attached hydrogens (tertiary/aromatic N) is 1. The van der Waals surface area contributed by atoms with Gasteiger partial charge in [0.15, 0.2) is 5.78 Å². The van der Waals surface area contributed by atoms with Crippen LogP contribution < -0.4 is 5.32 Å². The van der Waals surface area contributed by atoms with E-state index in [4.69, 9.17) is 0 Å². The van der Waals surface area contributed by atoms with Crippen molar-refractivity contribution in [3.8, 4) is 0 Å². The van der Waals surface area contributed by atoms with Crippen LogP contribution in [0.2, 0.25) is 0 Å². The molecule has 15 heavy (non-hydrogen) atoms. The first-order valence-electron chi connectivity index (χ1n) is 4.89. The minimum atomic E-state index is -0.487. The molecular formula is C10H16N2O3. The first-order valence-corrected chi connectivity index (χ1v) is 4.89. The van der Waals surface area contributed by atoms with Gasteiger partial charge in [0.25, 0.3) is 0 Å². The van der Waals surface area contributed by atoms with Crippen molar-refractivity contribution in [3.05, 3.63) is 0 Å². The standard InChI is InChI=1S/C10H16N2O3/c1-4-8(10(15)7(2)3)12-9(14)5-11-6-13/h7-8H,4-5H2,1-3H3,(H,12,14). The van der Waals surface area contributed by atoms with E-state index >= 15 is 0 Å². The zero-order valence-corrected chi connectivity index (χ0v) is 9.24. The van der Waals surface area contributed by atoms with Gasteiger partial charge in [-0.05, 0) is 6.42 Å². The number of amides is 1. The van der Waals surface area contributed by atoms with E-state index in [0.717, 1.165) is 0 Å². The lowest BCUT2D eigenvalue weighted by Crippen LogP contribution is -2.43. The number of aliphatic imine (C=N–C) groups is 1. The Morgan fingerprint density at radius 1 is 1.40 bits per heavy atom. The van der Waals surface area contributed by atoms with Gasteiger partial charge in [-0.15, -0.1) is 0 Å². The van der Waals surface area contributed by atoms with E-state index in [9.17, 15) is 14.4 Å². The molecule has 0 fully saturated rings. The van der Waals surface area contributed by atoms with E-state index < -0.39 is 11.9 Å². The Balaban J connectivity index is 4.26. The maximum absolute atomic E-state index is 11.6. The molecule has 0 aliphatic heterocycles. The molecule has 0 aliphatic rings. The molecule has 84 valence electrons. The second kappa shape index (κ2) is 6.90. The van der Waals surface area contributed by atoms with Gasteiger partial charge in [-0.3, -0.25) is 9.59 Å². The molecule has 0 aliphatic carbocycles. The lowest BCUT2D eigenvalue weighted by molar-refractivity contribution is -0.128. The Morgan fingerprint density at radius 2 is 2.00 bits per heavy atom. The van der Waals surface area contributed by atoms with Crippen molar-refractivity contribution >= 4 is 17.8 Å². The van der Waals surface area contributed by atoms with Crippen LogP contribution >= 0.6 is 0 Å². The SMILES string of the molecule is CCC(NC(=O)CN=C=O)C(=O)C(C)C. The van der Waals surface area contributed by atoms with Crippen LogP contribution in [0.5, 0.6) is 0 Å². The molecule has 0 saturated heterocycles. The van der Waals surface area contributed by atoms with Gasteiger partial charge in [-0.1, -0.05) is 20.8 Å². The summed E-state index contributed by atoms with van der Waals surface area (Å²) in [6, 6.07) is -0.487. The van der Waals surface area contributed by atoms with Gasteiger partial charge in [-0.25, -0.2) is 4.79 Å². The number of Topliss-reactive ketones (excluding diaryl/α,β-unsaturated/α-hetero) is 1. The second-order valence-electron chi connectivity index (χ2n) is 3.49. The van der Waals surface area contributed by atoms with E-state index in [-0.39, 0.29) is 18.2 Å². The van der Waals surface area contributed by atoms with Crippen LogP contribution in [0, 0.1) is 5.92 Å². The number of nitrogens with one attached hydrogen (secondary N) is 1. The van der Waals surface area contributed by atoms with Gasteiger partial charge < -0.3 is 5.32 Å². The van der Waals surface area contributed by atoms with Crippen LogP contribution in [-0.4, -0.2) is 30.4 Å². The van der Waals surface area contributed by atoms with Crippen molar-refractivity contribution in [2.75, 3.05) is 6.54 Å². The van der Waals surface area contributed by atoms with Crippen LogP contribution in [-0.2, 0) is 14.4 Å². The molecule has 0 aromatic carbocycles. The normalized spacial score (nSPS) is 11.7. The van der Waals surface area contributed by atoms with Crippen LogP contribution in [0.25, 0.3) is 0 Å². The fraction of sp³-hybridized carbons (Fsp3) is 0.700. The highest BCUT2D eigenvalue weighted by molar-refractivity contribution is 5.90. The third-order valence-corrected chi connectivity index (χ3v) is 1.94. The molecule has 0 aromatic rings. The highest BCUT2D eigenvalue weighted by atomic mass is 16.2. The van der Waals surface area contributed by atoms with Crippen molar-refractivity contribution in [3.63, 3.8) is 0 Å². The minimum Gasteiger partial charge on any atom is -0.345 e. The number of ketones is 1. The van der Waals surface area contributed by atoms with Crippen molar-refractivity contribution in [2.24, 2.45) is 10.9 Å². The fourth-order valence-electron chi connectivity index (χ4n) is 1.12. The van der Waals surface area contributed by atoms with Crippen LogP contribution in [0.3, 0.4) is 0 Å². The molecule has 0 rings (SSSR count). The molecule has 5 nitrogen and oxygen atoms in total. The summed E-state index contributed by atoms with van der Waals surface area (Å²) in [5.41, 5.74) is 0. The van der Waals surface area contributed by atoms with E-state index in [1.165, 1.54) is 6.08 Å². The molecule has 1 amide bonds. The summed E-state index contributed by atoms with van der Waals surface area (Å²) in [7, 11) is 0. The van der Waals surface area contributed by atoms with Crippen LogP contribution in [0.1, 0.15) is 27.2 Å². The minimum absolute atomic E-state index is 0.0130. The van der Waals surface area contributed by atoms with Crippen LogP contribution in [0.4, 0.5) is 0 Å². The van der Waals surface area contributed by atoms with E-state index in [2.05, 4.69) is 10.3 Å². The first-order chi connectivity index (χ1) is 7.02. The van der Waals surface area contributed by atoms with Gasteiger partial charge in [0, 0.05) is 5.92 Å². The Kier molecular flexibility index (Phi) is 6.22. The summed E-state index contributed by atoms with van der Waals surface area (Å²) in [4.78, 5) is 35.6. The molecule has 0 heterocycles. The van der Waals surface area contributed by atoms with Crippen molar-refractivity contribution in [1.82, 2.24) is 5.32 Å². The third kappa shape index (κ3) is 5.08. The zero-order valence-electron chi connectivity index (χ0n) is 9.24. The van der Waals surface area contributed by atoms with Gasteiger partial charge in [-0.2, -0.15) is 4.99 Å².